The van der Waals surface area contributed by atoms with E-state index in [-0.39, 0.29) is 29.1 Å². The minimum absolute atomic E-state index is 0.0237. The SMILES string of the molecule is O=C(NC1CCCCC1)N1CCN(C(=O)c2cc3c(cc2[N+](=O)[O-])OCCO3)CC1. The number of nitro groups is 1. The average Bonchev–Trinajstić information content (AvgIpc) is 2.78. The van der Waals surface area contributed by atoms with Crippen LogP contribution in [-0.2, 0) is 0 Å². The molecule has 0 spiro atoms. The second-order valence-electron chi connectivity index (χ2n) is 7.83. The number of nitrogens with one attached hydrogen (secondary N) is 1. The van der Waals surface area contributed by atoms with Gasteiger partial charge in [-0.2, -0.15) is 0 Å². The van der Waals surface area contributed by atoms with Gasteiger partial charge in [0.1, 0.15) is 18.8 Å². The summed E-state index contributed by atoms with van der Waals surface area (Å²) in [6.45, 7) is 2.06. The van der Waals surface area contributed by atoms with Crippen LogP contribution in [0.1, 0.15) is 42.5 Å². The third kappa shape index (κ3) is 4.27. The first kappa shape index (κ1) is 20.2. The smallest absolute Gasteiger partial charge is 0.317 e. The highest BCUT2D eigenvalue weighted by atomic mass is 16.6. The van der Waals surface area contributed by atoms with Gasteiger partial charge in [0.15, 0.2) is 11.5 Å². The van der Waals surface area contributed by atoms with Gasteiger partial charge in [-0.05, 0) is 12.8 Å². The molecule has 2 aliphatic heterocycles. The molecule has 30 heavy (non-hydrogen) atoms. The maximum absolute atomic E-state index is 13.0. The molecule has 3 aliphatic rings. The van der Waals surface area contributed by atoms with Crippen LogP contribution < -0.4 is 14.8 Å². The lowest BCUT2D eigenvalue weighted by Crippen LogP contribution is -2.54. The number of carbonyl (C=O) groups is 2. The van der Waals surface area contributed by atoms with Crippen LogP contribution in [0.15, 0.2) is 12.1 Å². The Morgan fingerprint density at radius 3 is 2.20 bits per heavy atom. The number of piperazine rings is 1. The molecular weight excluding hydrogens is 392 g/mol. The normalized spacial score (nSPS) is 19.3. The van der Waals surface area contributed by atoms with Crippen LogP contribution in [0.2, 0.25) is 0 Å². The summed E-state index contributed by atoms with van der Waals surface area (Å²) in [5.41, 5.74) is -0.328. The molecule has 1 aromatic carbocycles. The topological polar surface area (TPSA) is 114 Å². The Bertz CT molecular complexity index is 831. The third-order valence-electron chi connectivity index (χ3n) is 5.87. The minimum atomic E-state index is -0.584. The van der Waals surface area contributed by atoms with Gasteiger partial charge in [-0.1, -0.05) is 19.3 Å². The standard InChI is InChI=1S/C20H26N4O6/c25-19(15-12-17-18(30-11-10-29-17)13-16(15)24(27)28)22-6-8-23(9-7-22)20(26)21-14-4-2-1-3-5-14/h12-14H,1-11H2,(H,21,26). The highest BCUT2D eigenvalue weighted by Gasteiger charge is 2.32. The molecule has 3 amide bonds. The monoisotopic (exact) mass is 418 g/mol. The Morgan fingerprint density at radius 2 is 1.57 bits per heavy atom. The van der Waals surface area contributed by atoms with Crippen LogP contribution in [0.4, 0.5) is 10.5 Å². The largest absolute Gasteiger partial charge is 0.486 e. The van der Waals surface area contributed by atoms with Crippen LogP contribution in [0.3, 0.4) is 0 Å². The van der Waals surface area contributed by atoms with Crippen molar-refractivity contribution in [1.82, 2.24) is 15.1 Å². The highest BCUT2D eigenvalue weighted by Crippen LogP contribution is 2.37. The average molecular weight is 418 g/mol. The molecular formula is C20H26N4O6. The van der Waals surface area contributed by atoms with Crippen LogP contribution in [-0.4, -0.2) is 72.1 Å². The summed E-state index contributed by atoms with van der Waals surface area (Å²) >= 11 is 0. The molecule has 1 aromatic rings. The number of fused-ring (bicyclic) bond motifs is 1. The second kappa shape index (κ2) is 8.76. The van der Waals surface area contributed by atoms with Gasteiger partial charge >= 0.3 is 6.03 Å². The molecule has 1 saturated heterocycles. The van der Waals surface area contributed by atoms with E-state index in [0.717, 1.165) is 25.7 Å². The van der Waals surface area contributed by atoms with Crippen molar-refractivity contribution in [1.29, 1.82) is 0 Å². The summed E-state index contributed by atoms with van der Waals surface area (Å²) in [7, 11) is 0. The number of carbonyl (C=O) groups excluding carboxylic acids is 2. The maximum Gasteiger partial charge on any atom is 0.317 e. The Labute approximate surface area is 174 Å². The number of hydrogen-bond donors (Lipinski definition) is 1. The van der Waals surface area contributed by atoms with E-state index in [9.17, 15) is 19.7 Å². The molecule has 0 aromatic heterocycles. The van der Waals surface area contributed by atoms with Crippen molar-refractivity contribution in [3.05, 3.63) is 27.8 Å². The predicted molar refractivity (Wildman–Crippen MR) is 107 cm³/mol. The Balaban J connectivity index is 1.40. The molecule has 1 aliphatic carbocycles. The number of nitro benzene ring substituents is 1. The molecule has 0 bridgehead atoms. The summed E-state index contributed by atoms with van der Waals surface area (Å²) in [6, 6.07) is 2.76. The lowest BCUT2D eigenvalue weighted by molar-refractivity contribution is -0.385. The number of hydrogen-bond acceptors (Lipinski definition) is 6. The van der Waals surface area contributed by atoms with Crippen molar-refractivity contribution < 1.29 is 24.0 Å². The summed E-state index contributed by atoms with van der Waals surface area (Å²) in [4.78, 5) is 39.7. The fourth-order valence-electron chi connectivity index (χ4n) is 4.20. The molecule has 2 fully saturated rings. The predicted octanol–water partition coefficient (Wildman–Crippen LogP) is 2.17. The van der Waals surface area contributed by atoms with Crippen LogP contribution in [0.25, 0.3) is 0 Å². The van der Waals surface area contributed by atoms with Gasteiger partial charge < -0.3 is 24.6 Å². The van der Waals surface area contributed by atoms with E-state index < -0.39 is 10.8 Å². The number of urea groups is 1. The molecule has 10 heteroatoms. The van der Waals surface area contributed by atoms with Crippen molar-refractivity contribution in [3.63, 3.8) is 0 Å². The van der Waals surface area contributed by atoms with E-state index in [2.05, 4.69) is 5.32 Å². The van der Waals surface area contributed by atoms with Crippen molar-refractivity contribution in [2.24, 2.45) is 0 Å². The minimum Gasteiger partial charge on any atom is -0.486 e. The molecule has 1 saturated carbocycles. The molecule has 0 unspecified atom stereocenters. The first-order chi connectivity index (χ1) is 14.5. The fourth-order valence-corrected chi connectivity index (χ4v) is 4.20. The van der Waals surface area contributed by atoms with Crippen LogP contribution >= 0.6 is 0 Å². The lowest BCUT2D eigenvalue weighted by atomic mass is 9.96. The van der Waals surface area contributed by atoms with Gasteiger partial charge in [0.2, 0.25) is 0 Å². The zero-order valence-electron chi connectivity index (χ0n) is 16.8. The van der Waals surface area contributed by atoms with Crippen molar-refractivity contribution >= 4 is 17.6 Å². The molecule has 162 valence electrons. The first-order valence-corrected chi connectivity index (χ1v) is 10.5. The molecule has 4 rings (SSSR count). The van der Waals surface area contributed by atoms with Gasteiger partial charge in [-0.3, -0.25) is 14.9 Å². The van der Waals surface area contributed by atoms with Crippen LogP contribution in [0.5, 0.6) is 11.5 Å². The van der Waals surface area contributed by atoms with E-state index in [0.29, 0.717) is 45.1 Å². The number of benzene rings is 1. The number of nitrogens with zero attached hydrogens (tertiary/aromatic N) is 3. The number of rotatable bonds is 3. The molecule has 0 atom stereocenters. The van der Waals surface area contributed by atoms with E-state index >= 15 is 0 Å². The fraction of sp³-hybridized carbons (Fsp3) is 0.600. The Kier molecular flexibility index (Phi) is 5.91. The Hall–Kier alpha value is -3.04. The van der Waals surface area contributed by atoms with Gasteiger partial charge in [0, 0.05) is 38.3 Å². The van der Waals surface area contributed by atoms with E-state index in [1.54, 1.807) is 9.80 Å². The quantitative estimate of drug-likeness (QED) is 0.594. The molecule has 2 heterocycles. The number of amides is 3. The van der Waals surface area contributed by atoms with Crippen molar-refractivity contribution in [2.45, 2.75) is 38.1 Å². The maximum atomic E-state index is 13.0. The van der Waals surface area contributed by atoms with Crippen LogP contribution in [0, 0.1) is 10.1 Å². The summed E-state index contributed by atoms with van der Waals surface area (Å²) in [5.74, 6) is 0.167. The van der Waals surface area contributed by atoms with E-state index in [4.69, 9.17) is 9.47 Å². The third-order valence-corrected chi connectivity index (χ3v) is 5.87. The lowest BCUT2D eigenvalue weighted by Gasteiger charge is -2.36. The molecule has 1 N–H and O–H groups in total. The molecule has 10 nitrogen and oxygen atoms in total. The second-order valence-corrected chi connectivity index (χ2v) is 7.83. The zero-order valence-corrected chi connectivity index (χ0v) is 16.8. The summed E-state index contributed by atoms with van der Waals surface area (Å²) in [6.07, 6.45) is 5.53. The zero-order chi connectivity index (χ0) is 21.1. The summed E-state index contributed by atoms with van der Waals surface area (Å²) < 4.78 is 10.9. The van der Waals surface area contributed by atoms with Gasteiger partial charge in [0.05, 0.1) is 11.0 Å². The van der Waals surface area contributed by atoms with Crippen molar-refractivity contribution in [2.75, 3.05) is 39.4 Å². The first-order valence-electron chi connectivity index (χ1n) is 10.5. The molecule has 0 radical (unpaired) electrons. The number of ether oxygens (including phenoxy) is 2. The van der Waals surface area contributed by atoms with Crippen molar-refractivity contribution in [3.8, 4) is 11.5 Å². The Morgan fingerprint density at radius 1 is 0.967 bits per heavy atom. The van der Waals surface area contributed by atoms with Gasteiger partial charge in [-0.15, -0.1) is 0 Å². The van der Waals surface area contributed by atoms with Gasteiger partial charge in [0.25, 0.3) is 11.6 Å². The van der Waals surface area contributed by atoms with E-state index in [1.165, 1.54) is 18.6 Å². The van der Waals surface area contributed by atoms with Gasteiger partial charge in [-0.25, -0.2) is 4.79 Å². The summed E-state index contributed by atoms with van der Waals surface area (Å²) in [5, 5.41) is 14.6. The highest BCUT2D eigenvalue weighted by molar-refractivity contribution is 5.99. The van der Waals surface area contributed by atoms with E-state index in [1.807, 2.05) is 0 Å².